The van der Waals surface area contributed by atoms with Crippen LogP contribution in [0.5, 0.6) is 0 Å². The maximum atomic E-state index is 11.5. The number of rotatable bonds is 4. The number of halogens is 1. The van der Waals surface area contributed by atoms with Gasteiger partial charge in [0, 0.05) is 18.3 Å². The molecule has 0 saturated heterocycles. The summed E-state index contributed by atoms with van der Waals surface area (Å²) in [6.45, 7) is 7.14. The molecule has 1 heterocycles. The number of esters is 1. The Bertz CT molecular complexity index is 694. The van der Waals surface area contributed by atoms with E-state index in [-0.39, 0.29) is 16.7 Å². The van der Waals surface area contributed by atoms with E-state index in [0.29, 0.717) is 11.4 Å². The lowest BCUT2D eigenvalue weighted by molar-refractivity contribution is 0.0601. The average Bonchev–Trinajstić information content (AvgIpc) is 2.52. The van der Waals surface area contributed by atoms with Crippen molar-refractivity contribution < 1.29 is 9.53 Å². The van der Waals surface area contributed by atoms with E-state index in [9.17, 15) is 4.79 Å². The van der Waals surface area contributed by atoms with Crippen LogP contribution in [0.2, 0.25) is 5.28 Å². The molecule has 0 aliphatic rings. The smallest absolute Gasteiger partial charge is 0.337 e. The molecule has 1 aromatic heterocycles. The predicted molar refractivity (Wildman–Crippen MR) is 91.8 cm³/mol. The molecule has 0 aliphatic heterocycles. The third-order valence-electron chi connectivity index (χ3n) is 3.16. The molecule has 0 atom stereocenters. The van der Waals surface area contributed by atoms with Crippen LogP contribution >= 0.6 is 11.6 Å². The number of aromatic nitrogens is 2. The molecule has 2 aromatic rings. The van der Waals surface area contributed by atoms with Gasteiger partial charge in [-0.15, -0.1) is 0 Å². The molecular formula is C17H20ClN3O2. The summed E-state index contributed by atoms with van der Waals surface area (Å²) in [7, 11) is 1.36. The quantitative estimate of drug-likeness (QED) is 0.675. The van der Waals surface area contributed by atoms with Gasteiger partial charge in [-0.05, 0) is 34.7 Å². The van der Waals surface area contributed by atoms with Crippen LogP contribution in [0.1, 0.15) is 31.1 Å². The van der Waals surface area contributed by atoms with Gasteiger partial charge in [0.2, 0.25) is 5.28 Å². The minimum absolute atomic E-state index is 0.101. The molecule has 0 bridgehead atoms. The first kappa shape index (κ1) is 17.2. The minimum Gasteiger partial charge on any atom is -0.465 e. The third-order valence-corrected chi connectivity index (χ3v) is 3.34. The van der Waals surface area contributed by atoms with Crippen LogP contribution in [0.4, 0.5) is 5.82 Å². The van der Waals surface area contributed by atoms with Crippen molar-refractivity contribution in [3.8, 4) is 11.1 Å². The number of methoxy groups -OCH3 is 1. The highest BCUT2D eigenvalue weighted by Crippen LogP contribution is 2.28. The zero-order chi connectivity index (χ0) is 17.0. The predicted octanol–water partition coefficient (Wildman–Crippen LogP) is 4.04. The molecule has 0 fully saturated rings. The van der Waals surface area contributed by atoms with E-state index in [1.165, 1.54) is 7.11 Å². The number of ether oxygens (including phenoxy) is 1. The Morgan fingerprint density at radius 2 is 1.91 bits per heavy atom. The number of hydrogen-bond acceptors (Lipinski definition) is 5. The number of carbonyl (C=O) groups excluding carboxylic acids is 1. The monoisotopic (exact) mass is 333 g/mol. The molecule has 1 N–H and O–H groups in total. The largest absolute Gasteiger partial charge is 0.465 e. The van der Waals surface area contributed by atoms with Crippen molar-refractivity contribution in [2.75, 3.05) is 19.0 Å². The van der Waals surface area contributed by atoms with E-state index in [1.807, 2.05) is 12.1 Å². The standard InChI is InChI=1S/C17H20ClN3O2/c1-17(2,3)10-20-14-13(9-19-16(18)21-14)11-5-7-12(8-6-11)15(22)23-4/h5-9H,10H2,1-4H3,(H,19,20,21). The maximum absolute atomic E-state index is 11.5. The summed E-state index contributed by atoms with van der Waals surface area (Å²) in [5.41, 5.74) is 2.32. The maximum Gasteiger partial charge on any atom is 0.337 e. The van der Waals surface area contributed by atoms with E-state index in [4.69, 9.17) is 16.3 Å². The van der Waals surface area contributed by atoms with Gasteiger partial charge < -0.3 is 10.1 Å². The highest BCUT2D eigenvalue weighted by molar-refractivity contribution is 6.28. The fraction of sp³-hybridized carbons (Fsp3) is 0.353. The Kier molecular flexibility index (Phi) is 5.21. The summed E-state index contributed by atoms with van der Waals surface area (Å²) in [6.07, 6.45) is 1.67. The van der Waals surface area contributed by atoms with Crippen molar-refractivity contribution in [2.24, 2.45) is 5.41 Å². The third kappa shape index (κ3) is 4.66. The average molecular weight is 334 g/mol. The summed E-state index contributed by atoms with van der Waals surface area (Å²) in [4.78, 5) is 19.8. The number of anilines is 1. The second-order valence-corrected chi connectivity index (χ2v) is 6.72. The van der Waals surface area contributed by atoms with E-state index < -0.39 is 0 Å². The fourth-order valence-corrected chi connectivity index (χ4v) is 2.09. The zero-order valence-corrected chi connectivity index (χ0v) is 14.4. The van der Waals surface area contributed by atoms with Crippen LogP contribution in [-0.4, -0.2) is 29.6 Å². The molecule has 6 heteroatoms. The van der Waals surface area contributed by atoms with Gasteiger partial charge in [-0.25, -0.2) is 14.8 Å². The van der Waals surface area contributed by atoms with E-state index in [1.54, 1.807) is 18.3 Å². The van der Waals surface area contributed by atoms with E-state index in [2.05, 4.69) is 36.1 Å². The number of nitrogens with zero attached hydrogens (tertiary/aromatic N) is 2. The van der Waals surface area contributed by atoms with Gasteiger partial charge in [0.1, 0.15) is 5.82 Å². The topological polar surface area (TPSA) is 64.1 Å². The van der Waals surface area contributed by atoms with Crippen molar-refractivity contribution in [3.05, 3.63) is 41.3 Å². The molecule has 23 heavy (non-hydrogen) atoms. The van der Waals surface area contributed by atoms with E-state index in [0.717, 1.165) is 17.7 Å². The molecule has 1 aromatic carbocycles. The Balaban J connectivity index is 2.33. The molecule has 0 spiro atoms. The molecule has 0 saturated carbocycles. The number of hydrogen-bond donors (Lipinski definition) is 1. The van der Waals surface area contributed by atoms with Crippen LogP contribution in [0.15, 0.2) is 30.5 Å². The Labute approximate surface area is 141 Å². The Hall–Kier alpha value is -2.14. The molecule has 0 unspecified atom stereocenters. The second-order valence-electron chi connectivity index (χ2n) is 6.38. The van der Waals surface area contributed by atoms with Gasteiger partial charge in [0.05, 0.1) is 12.7 Å². The molecule has 0 aliphatic carbocycles. The van der Waals surface area contributed by atoms with Gasteiger partial charge in [0.25, 0.3) is 0 Å². The first-order chi connectivity index (χ1) is 10.8. The first-order valence-corrected chi connectivity index (χ1v) is 7.63. The van der Waals surface area contributed by atoms with Gasteiger partial charge in [0.15, 0.2) is 0 Å². The summed E-state index contributed by atoms with van der Waals surface area (Å²) >= 11 is 5.92. The zero-order valence-electron chi connectivity index (χ0n) is 13.7. The number of benzene rings is 1. The Morgan fingerprint density at radius 3 is 2.48 bits per heavy atom. The van der Waals surface area contributed by atoms with Gasteiger partial charge in [-0.2, -0.15) is 0 Å². The van der Waals surface area contributed by atoms with Crippen LogP contribution in [-0.2, 0) is 4.74 Å². The highest BCUT2D eigenvalue weighted by Gasteiger charge is 2.14. The van der Waals surface area contributed by atoms with Crippen molar-refractivity contribution >= 4 is 23.4 Å². The summed E-state index contributed by atoms with van der Waals surface area (Å²) < 4.78 is 4.70. The molecular weight excluding hydrogens is 314 g/mol. The van der Waals surface area contributed by atoms with Crippen LogP contribution in [0.25, 0.3) is 11.1 Å². The summed E-state index contributed by atoms with van der Waals surface area (Å²) in [5.74, 6) is 0.306. The lowest BCUT2D eigenvalue weighted by atomic mass is 9.97. The van der Waals surface area contributed by atoms with Crippen molar-refractivity contribution in [3.63, 3.8) is 0 Å². The van der Waals surface area contributed by atoms with E-state index >= 15 is 0 Å². The molecule has 0 radical (unpaired) electrons. The highest BCUT2D eigenvalue weighted by atomic mass is 35.5. The lowest BCUT2D eigenvalue weighted by Crippen LogP contribution is -2.20. The SMILES string of the molecule is COC(=O)c1ccc(-c2cnc(Cl)nc2NCC(C)(C)C)cc1. The van der Waals surface area contributed by atoms with Crippen LogP contribution in [0, 0.1) is 5.41 Å². The van der Waals surface area contributed by atoms with Crippen molar-refractivity contribution in [1.82, 2.24) is 9.97 Å². The minimum atomic E-state index is -0.366. The number of carbonyl (C=O) groups is 1. The molecule has 0 amide bonds. The van der Waals surface area contributed by atoms with Crippen LogP contribution < -0.4 is 5.32 Å². The second kappa shape index (κ2) is 6.96. The van der Waals surface area contributed by atoms with Gasteiger partial charge in [-0.3, -0.25) is 0 Å². The molecule has 2 rings (SSSR count). The fourth-order valence-electron chi connectivity index (χ4n) is 1.96. The van der Waals surface area contributed by atoms with Gasteiger partial charge >= 0.3 is 5.97 Å². The van der Waals surface area contributed by atoms with Crippen molar-refractivity contribution in [2.45, 2.75) is 20.8 Å². The Morgan fingerprint density at radius 1 is 1.26 bits per heavy atom. The van der Waals surface area contributed by atoms with Gasteiger partial charge in [-0.1, -0.05) is 32.9 Å². The van der Waals surface area contributed by atoms with Crippen LogP contribution in [0.3, 0.4) is 0 Å². The molecule has 5 nitrogen and oxygen atoms in total. The molecule has 122 valence electrons. The van der Waals surface area contributed by atoms with Crippen molar-refractivity contribution in [1.29, 1.82) is 0 Å². The lowest BCUT2D eigenvalue weighted by Gasteiger charge is -2.20. The normalized spacial score (nSPS) is 11.2. The first-order valence-electron chi connectivity index (χ1n) is 7.25. The summed E-state index contributed by atoms with van der Waals surface area (Å²) in [6, 6.07) is 7.09. The number of nitrogens with one attached hydrogen (secondary N) is 1. The summed E-state index contributed by atoms with van der Waals surface area (Å²) in [5, 5.41) is 3.50.